The quantitative estimate of drug-likeness (QED) is 0.528. The molecule has 0 radical (unpaired) electrons. The zero-order chi connectivity index (χ0) is 16.6. The average Bonchev–Trinajstić information content (AvgIpc) is 2.24. The first-order chi connectivity index (χ1) is 9.34. The van der Waals surface area contributed by atoms with Crippen LogP contribution in [0.3, 0.4) is 0 Å². The Morgan fingerprint density at radius 3 is 1.86 bits per heavy atom. The topological polar surface area (TPSA) is 86.2 Å². The fourth-order valence-electron chi connectivity index (χ4n) is 1.60. The number of carbonyl (C=O) groups excluding carboxylic acids is 1. The molecule has 2 N–H and O–H groups in total. The number of nitro benzene ring substituents is 1. The predicted molar refractivity (Wildman–Crippen MR) is 56.0 cm³/mol. The van der Waals surface area contributed by atoms with Gasteiger partial charge in [-0.25, -0.2) is 0 Å². The number of nitro groups is 1. The van der Waals surface area contributed by atoms with Crippen LogP contribution in [0, 0.1) is 10.1 Å². The van der Waals surface area contributed by atoms with Gasteiger partial charge >= 0.3 is 12.4 Å². The highest BCUT2D eigenvalue weighted by molar-refractivity contribution is 5.78. The molecule has 1 aromatic rings. The van der Waals surface area contributed by atoms with E-state index >= 15 is 0 Å². The molecule has 0 heterocycles. The second-order valence-corrected chi connectivity index (χ2v) is 3.92. The van der Waals surface area contributed by atoms with Gasteiger partial charge in [-0.15, -0.1) is 0 Å². The predicted octanol–water partition coefficient (Wildman–Crippen LogP) is 2.66. The van der Waals surface area contributed by atoms with E-state index < -0.39 is 52.0 Å². The fraction of sp³-hybridized carbons (Fsp3) is 0.300. The minimum atomic E-state index is -5.44. The molecule has 0 saturated carbocycles. The number of hydrogen-bond acceptors (Lipinski definition) is 3. The molecule has 1 aromatic carbocycles. The Morgan fingerprint density at radius 2 is 1.52 bits per heavy atom. The second kappa shape index (κ2) is 5.22. The van der Waals surface area contributed by atoms with Crippen molar-refractivity contribution in [2.24, 2.45) is 5.73 Å². The molecule has 0 spiro atoms. The Morgan fingerprint density at radius 1 is 1.10 bits per heavy atom. The van der Waals surface area contributed by atoms with Gasteiger partial charge < -0.3 is 5.73 Å². The summed E-state index contributed by atoms with van der Waals surface area (Å²) >= 11 is 0. The van der Waals surface area contributed by atoms with Gasteiger partial charge in [0.25, 0.3) is 5.69 Å². The average molecular weight is 316 g/mol. The van der Waals surface area contributed by atoms with Crippen molar-refractivity contribution in [2.75, 3.05) is 0 Å². The first kappa shape index (κ1) is 16.7. The minimum Gasteiger partial charge on any atom is -0.369 e. The molecular weight excluding hydrogens is 310 g/mol. The zero-order valence-electron chi connectivity index (χ0n) is 9.88. The summed E-state index contributed by atoms with van der Waals surface area (Å²) in [6.07, 6.45) is -11.8. The van der Waals surface area contributed by atoms with Crippen molar-refractivity contribution in [2.45, 2.75) is 18.8 Å². The second-order valence-electron chi connectivity index (χ2n) is 3.92. The lowest BCUT2D eigenvalue weighted by Gasteiger charge is -2.16. The third-order valence-electron chi connectivity index (χ3n) is 2.39. The summed E-state index contributed by atoms with van der Waals surface area (Å²) in [7, 11) is 0. The molecule has 0 aliphatic rings. The van der Waals surface area contributed by atoms with Crippen LogP contribution >= 0.6 is 0 Å². The first-order valence-corrected chi connectivity index (χ1v) is 5.08. The molecule has 0 fully saturated rings. The molecule has 11 heteroatoms. The van der Waals surface area contributed by atoms with Crippen LogP contribution in [0.4, 0.5) is 32.0 Å². The van der Waals surface area contributed by atoms with E-state index in [-0.39, 0.29) is 12.1 Å². The van der Waals surface area contributed by atoms with E-state index in [0.29, 0.717) is 0 Å². The van der Waals surface area contributed by atoms with Crippen LogP contribution in [0.25, 0.3) is 0 Å². The van der Waals surface area contributed by atoms with Gasteiger partial charge in [-0.05, 0) is 6.07 Å². The lowest BCUT2D eigenvalue weighted by Crippen LogP contribution is -2.20. The number of benzene rings is 1. The summed E-state index contributed by atoms with van der Waals surface area (Å²) in [6, 6.07) is -0.327. The lowest BCUT2D eigenvalue weighted by atomic mass is 9.99. The van der Waals surface area contributed by atoms with Gasteiger partial charge in [0, 0.05) is 11.6 Å². The van der Waals surface area contributed by atoms with Crippen LogP contribution < -0.4 is 5.73 Å². The van der Waals surface area contributed by atoms with Gasteiger partial charge in [0.15, 0.2) is 0 Å². The molecule has 0 saturated heterocycles. The van der Waals surface area contributed by atoms with Gasteiger partial charge in [-0.2, -0.15) is 26.3 Å². The van der Waals surface area contributed by atoms with Crippen molar-refractivity contribution < 1.29 is 36.1 Å². The summed E-state index contributed by atoms with van der Waals surface area (Å²) in [6.45, 7) is 0. The summed E-state index contributed by atoms with van der Waals surface area (Å²) in [5.41, 5.74) is -1.70. The van der Waals surface area contributed by atoms with Crippen LogP contribution in [0.5, 0.6) is 0 Å². The normalized spacial score (nSPS) is 12.3. The summed E-state index contributed by atoms with van der Waals surface area (Å²) in [5, 5.41) is 10.6. The zero-order valence-corrected chi connectivity index (χ0v) is 9.88. The van der Waals surface area contributed by atoms with Crippen LogP contribution in [0.2, 0.25) is 0 Å². The highest BCUT2D eigenvalue weighted by Crippen LogP contribution is 2.43. The Kier molecular flexibility index (Phi) is 4.16. The van der Waals surface area contributed by atoms with Crippen molar-refractivity contribution >= 4 is 11.6 Å². The van der Waals surface area contributed by atoms with Gasteiger partial charge in [0.2, 0.25) is 5.91 Å². The van der Waals surface area contributed by atoms with Crippen LogP contribution in [-0.4, -0.2) is 10.8 Å². The Hall–Kier alpha value is -2.33. The molecular formula is C10H6F6N2O3. The van der Waals surface area contributed by atoms with Crippen molar-refractivity contribution in [1.29, 1.82) is 0 Å². The number of halogens is 6. The van der Waals surface area contributed by atoms with E-state index in [1.807, 2.05) is 0 Å². The van der Waals surface area contributed by atoms with Gasteiger partial charge in [-0.1, -0.05) is 0 Å². The van der Waals surface area contributed by atoms with E-state index in [0.717, 1.165) is 0 Å². The molecule has 21 heavy (non-hydrogen) atoms. The largest absolute Gasteiger partial charge is 0.417 e. The van der Waals surface area contributed by atoms with Gasteiger partial charge in [0.05, 0.1) is 22.5 Å². The molecule has 1 amide bonds. The van der Waals surface area contributed by atoms with E-state index in [4.69, 9.17) is 5.73 Å². The summed E-state index contributed by atoms with van der Waals surface area (Å²) in [5.74, 6) is -1.22. The Labute approximate surface area is 112 Å². The Bertz CT molecular complexity index is 594. The van der Waals surface area contributed by atoms with Crippen LogP contribution in [0.1, 0.15) is 16.7 Å². The summed E-state index contributed by atoms with van der Waals surface area (Å²) < 4.78 is 75.7. The third kappa shape index (κ3) is 3.83. The van der Waals surface area contributed by atoms with Crippen molar-refractivity contribution in [3.05, 3.63) is 38.9 Å². The van der Waals surface area contributed by atoms with Crippen LogP contribution in [0.15, 0.2) is 12.1 Å². The summed E-state index contributed by atoms with van der Waals surface area (Å²) in [4.78, 5) is 20.0. The van der Waals surface area contributed by atoms with E-state index in [9.17, 15) is 41.3 Å². The van der Waals surface area contributed by atoms with Crippen LogP contribution in [-0.2, 0) is 23.6 Å². The minimum absolute atomic E-state index is 0.0777. The van der Waals surface area contributed by atoms with Gasteiger partial charge in [0.1, 0.15) is 0 Å². The van der Waals surface area contributed by atoms with E-state index in [1.54, 1.807) is 0 Å². The number of alkyl halides is 6. The number of primary amides is 1. The molecule has 0 aliphatic heterocycles. The SMILES string of the molecule is NC(=O)Cc1cc(C(F)(F)F)c(C(F)(F)F)cc1[N+](=O)[O-]. The lowest BCUT2D eigenvalue weighted by molar-refractivity contribution is -0.385. The molecule has 0 atom stereocenters. The molecule has 1 rings (SSSR count). The maximum atomic E-state index is 12.6. The number of carbonyl (C=O) groups is 1. The first-order valence-electron chi connectivity index (χ1n) is 5.08. The standard InChI is InChI=1S/C10H6F6N2O3/c11-9(12,13)5-1-4(2-8(17)19)7(18(20)21)3-6(5)10(14,15)16/h1,3H,2H2,(H2,17,19). The third-order valence-corrected chi connectivity index (χ3v) is 2.39. The number of rotatable bonds is 3. The molecule has 5 nitrogen and oxygen atoms in total. The highest BCUT2D eigenvalue weighted by atomic mass is 19.4. The highest BCUT2D eigenvalue weighted by Gasteiger charge is 2.45. The fourth-order valence-corrected chi connectivity index (χ4v) is 1.60. The number of hydrogen-bond donors (Lipinski definition) is 1. The van der Waals surface area contributed by atoms with E-state index in [1.165, 1.54) is 0 Å². The molecule has 0 aromatic heterocycles. The molecule has 0 bridgehead atoms. The smallest absolute Gasteiger partial charge is 0.369 e. The van der Waals surface area contributed by atoms with Crippen molar-refractivity contribution in [3.8, 4) is 0 Å². The monoisotopic (exact) mass is 316 g/mol. The molecule has 116 valence electrons. The number of nitrogens with zero attached hydrogens (tertiary/aromatic N) is 1. The maximum Gasteiger partial charge on any atom is 0.417 e. The van der Waals surface area contributed by atoms with Crippen molar-refractivity contribution in [3.63, 3.8) is 0 Å². The van der Waals surface area contributed by atoms with Crippen molar-refractivity contribution in [1.82, 2.24) is 0 Å². The Balaban J connectivity index is 3.70. The van der Waals surface area contributed by atoms with Gasteiger partial charge in [-0.3, -0.25) is 14.9 Å². The molecule has 0 unspecified atom stereocenters. The molecule has 0 aliphatic carbocycles. The number of amides is 1. The van der Waals surface area contributed by atoms with E-state index in [2.05, 4.69) is 0 Å². The number of nitrogens with two attached hydrogens (primary N) is 1. The maximum absolute atomic E-state index is 12.6.